The number of rotatable bonds is 2. The average Bonchev–Trinajstić information content (AvgIpc) is 2.77. The van der Waals surface area contributed by atoms with Crippen LogP contribution in [0.5, 0.6) is 0 Å². The molecule has 92 valence electrons. The molecule has 5 nitrogen and oxygen atoms in total. The van der Waals surface area contributed by atoms with Gasteiger partial charge in [-0.2, -0.15) is 0 Å². The maximum atomic E-state index is 12.9. The molecule has 6 heteroatoms. The van der Waals surface area contributed by atoms with Gasteiger partial charge in [0.1, 0.15) is 5.82 Å². The lowest BCUT2D eigenvalue weighted by Gasteiger charge is -2.18. The summed E-state index contributed by atoms with van der Waals surface area (Å²) in [6, 6.07) is 1.22. The van der Waals surface area contributed by atoms with E-state index in [1.807, 2.05) is 0 Å². The summed E-state index contributed by atoms with van der Waals surface area (Å²) in [4.78, 5) is 15.6. The van der Waals surface area contributed by atoms with Gasteiger partial charge in [0.25, 0.3) is 0 Å². The second-order valence-corrected chi connectivity index (χ2v) is 4.16. The molecule has 0 aromatic carbocycles. The van der Waals surface area contributed by atoms with E-state index in [0.29, 0.717) is 18.5 Å². The van der Waals surface area contributed by atoms with Crippen LogP contribution < -0.4 is 0 Å². The lowest BCUT2D eigenvalue weighted by atomic mass is 9.96. The minimum Gasteiger partial charge on any atom is -0.465 e. The molecule has 0 bridgehead atoms. The highest BCUT2D eigenvalue weighted by Crippen LogP contribution is 2.29. The molecule has 2 N–H and O–H groups in total. The molecule has 1 aromatic rings. The zero-order valence-corrected chi connectivity index (χ0v) is 9.08. The zero-order chi connectivity index (χ0) is 12.4. The van der Waals surface area contributed by atoms with Crippen molar-refractivity contribution < 1.29 is 19.4 Å². The van der Waals surface area contributed by atoms with Crippen LogP contribution in [0.15, 0.2) is 18.5 Å². The molecule has 1 aliphatic rings. The predicted molar refractivity (Wildman–Crippen MR) is 56.9 cm³/mol. The monoisotopic (exact) mass is 240 g/mol. The van der Waals surface area contributed by atoms with E-state index in [-0.39, 0.29) is 12.5 Å². The number of halogens is 1. The van der Waals surface area contributed by atoms with Crippen LogP contribution in [-0.2, 0) is 0 Å². The summed E-state index contributed by atoms with van der Waals surface area (Å²) in [5.41, 5.74) is 0.391. The van der Waals surface area contributed by atoms with Crippen LogP contribution in [0.1, 0.15) is 18.1 Å². The van der Waals surface area contributed by atoms with E-state index in [2.05, 4.69) is 4.98 Å². The number of likely N-dealkylation sites (tertiary alicyclic amines) is 1. The van der Waals surface area contributed by atoms with Crippen molar-refractivity contribution in [3.63, 3.8) is 0 Å². The number of amides is 1. The number of carbonyl (C=O) groups is 1. The molecular formula is C11H13FN2O3. The van der Waals surface area contributed by atoms with Gasteiger partial charge in [-0.25, -0.2) is 9.18 Å². The SMILES string of the molecule is O=C(O)N1CCC([C@H](O)c2cncc(F)c2)C1. The Balaban J connectivity index is 2.06. The van der Waals surface area contributed by atoms with Gasteiger partial charge in [0.15, 0.2) is 0 Å². The molecule has 0 spiro atoms. The Bertz CT molecular complexity index is 427. The van der Waals surface area contributed by atoms with Crippen LogP contribution in [0.2, 0.25) is 0 Å². The maximum Gasteiger partial charge on any atom is 0.407 e. The highest BCUT2D eigenvalue weighted by Gasteiger charge is 2.31. The van der Waals surface area contributed by atoms with Crippen molar-refractivity contribution in [1.82, 2.24) is 9.88 Å². The van der Waals surface area contributed by atoms with E-state index in [0.717, 1.165) is 6.20 Å². The molecular weight excluding hydrogens is 227 g/mol. The van der Waals surface area contributed by atoms with Gasteiger partial charge in [0.2, 0.25) is 0 Å². The Hall–Kier alpha value is -1.69. The van der Waals surface area contributed by atoms with E-state index in [4.69, 9.17) is 5.11 Å². The largest absolute Gasteiger partial charge is 0.465 e. The first-order valence-corrected chi connectivity index (χ1v) is 5.34. The van der Waals surface area contributed by atoms with Crippen molar-refractivity contribution in [2.24, 2.45) is 5.92 Å². The van der Waals surface area contributed by atoms with Gasteiger partial charge in [0, 0.05) is 30.8 Å². The molecule has 1 amide bonds. The fourth-order valence-electron chi connectivity index (χ4n) is 2.08. The van der Waals surface area contributed by atoms with E-state index >= 15 is 0 Å². The summed E-state index contributed by atoms with van der Waals surface area (Å²) in [5, 5.41) is 18.8. The second kappa shape index (κ2) is 4.67. The van der Waals surface area contributed by atoms with E-state index in [1.54, 1.807) is 0 Å². The molecule has 1 unspecified atom stereocenters. The number of hydrogen-bond acceptors (Lipinski definition) is 3. The summed E-state index contributed by atoms with van der Waals surface area (Å²) >= 11 is 0. The minimum absolute atomic E-state index is 0.199. The maximum absolute atomic E-state index is 12.9. The third-order valence-corrected chi connectivity index (χ3v) is 3.01. The van der Waals surface area contributed by atoms with Crippen molar-refractivity contribution in [2.45, 2.75) is 12.5 Å². The molecule has 2 rings (SSSR count). The fraction of sp³-hybridized carbons (Fsp3) is 0.455. The van der Waals surface area contributed by atoms with E-state index in [1.165, 1.54) is 17.2 Å². The predicted octanol–water partition coefficient (Wildman–Crippen LogP) is 1.25. The first-order chi connectivity index (χ1) is 8.08. The lowest BCUT2D eigenvalue weighted by Crippen LogP contribution is -2.27. The first-order valence-electron chi connectivity index (χ1n) is 5.34. The second-order valence-electron chi connectivity index (χ2n) is 4.16. The normalized spacial score (nSPS) is 21.5. The molecule has 1 aliphatic heterocycles. The summed E-state index contributed by atoms with van der Waals surface area (Å²) in [6.07, 6.45) is 1.18. The number of pyridine rings is 1. The molecule has 0 saturated carbocycles. The Kier molecular flexibility index (Phi) is 3.23. The smallest absolute Gasteiger partial charge is 0.407 e. The fourth-order valence-corrected chi connectivity index (χ4v) is 2.08. The summed E-state index contributed by atoms with van der Waals surface area (Å²) in [6.45, 7) is 0.673. The topological polar surface area (TPSA) is 73.7 Å². The molecule has 1 saturated heterocycles. The Morgan fingerprint density at radius 2 is 2.35 bits per heavy atom. The highest BCUT2D eigenvalue weighted by atomic mass is 19.1. The van der Waals surface area contributed by atoms with Crippen molar-refractivity contribution in [3.8, 4) is 0 Å². The molecule has 0 aliphatic carbocycles. The van der Waals surface area contributed by atoms with Crippen LogP contribution in [0.25, 0.3) is 0 Å². The van der Waals surface area contributed by atoms with Crippen LogP contribution in [0.4, 0.5) is 9.18 Å². The highest BCUT2D eigenvalue weighted by molar-refractivity contribution is 5.65. The third-order valence-electron chi connectivity index (χ3n) is 3.01. The molecule has 1 fully saturated rings. The average molecular weight is 240 g/mol. The van der Waals surface area contributed by atoms with Gasteiger partial charge in [0.05, 0.1) is 12.3 Å². The number of carboxylic acid groups (broad SMARTS) is 1. The molecule has 1 aromatic heterocycles. The van der Waals surface area contributed by atoms with Crippen LogP contribution in [0.3, 0.4) is 0 Å². The zero-order valence-electron chi connectivity index (χ0n) is 9.08. The van der Waals surface area contributed by atoms with Gasteiger partial charge in [-0.15, -0.1) is 0 Å². The summed E-state index contributed by atoms with van der Waals surface area (Å²) in [7, 11) is 0. The van der Waals surface area contributed by atoms with Crippen LogP contribution in [0, 0.1) is 11.7 Å². The molecule has 17 heavy (non-hydrogen) atoms. The molecule has 2 heterocycles. The minimum atomic E-state index is -0.989. The lowest BCUT2D eigenvalue weighted by molar-refractivity contribution is 0.107. The Morgan fingerprint density at radius 1 is 1.59 bits per heavy atom. The van der Waals surface area contributed by atoms with Gasteiger partial charge in [-0.05, 0) is 12.5 Å². The van der Waals surface area contributed by atoms with Crippen molar-refractivity contribution in [3.05, 3.63) is 29.8 Å². The van der Waals surface area contributed by atoms with Gasteiger partial charge >= 0.3 is 6.09 Å². The van der Waals surface area contributed by atoms with Crippen molar-refractivity contribution >= 4 is 6.09 Å². The van der Waals surface area contributed by atoms with Crippen molar-refractivity contribution in [2.75, 3.05) is 13.1 Å². The number of aliphatic hydroxyl groups is 1. The van der Waals surface area contributed by atoms with E-state index < -0.39 is 18.0 Å². The Labute approximate surface area is 97.5 Å². The van der Waals surface area contributed by atoms with Gasteiger partial charge in [-0.1, -0.05) is 0 Å². The molecule has 0 radical (unpaired) electrons. The summed E-state index contributed by atoms with van der Waals surface area (Å²) < 4.78 is 12.9. The van der Waals surface area contributed by atoms with Crippen LogP contribution in [-0.4, -0.2) is 39.3 Å². The number of hydrogen-bond donors (Lipinski definition) is 2. The standard InChI is InChI=1S/C11H13FN2O3/c12-9-3-8(4-13-5-9)10(15)7-1-2-14(6-7)11(16)17/h3-5,7,10,15H,1-2,6H2,(H,16,17)/t7?,10-/m0/s1. The van der Waals surface area contributed by atoms with Gasteiger partial charge < -0.3 is 15.1 Å². The number of nitrogens with zero attached hydrogens (tertiary/aromatic N) is 2. The van der Waals surface area contributed by atoms with E-state index in [9.17, 15) is 14.3 Å². The number of aromatic nitrogens is 1. The summed E-state index contributed by atoms with van der Waals surface area (Å²) in [5.74, 6) is -0.704. The third kappa shape index (κ3) is 2.52. The van der Waals surface area contributed by atoms with Gasteiger partial charge in [-0.3, -0.25) is 4.98 Å². The first kappa shape index (κ1) is 11.8. The van der Waals surface area contributed by atoms with Crippen molar-refractivity contribution in [1.29, 1.82) is 0 Å². The Morgan fingerprint density at radius 3 is 2.94 bits per heavy atom. The molecule has 2 atom stereocenters. The quantitative estimate of drug-likeness (QED) is 0.816. The van der Waals surface area contributed by atoms with Crippen LogP contribution >= 0.6 is 0 Å². The number of aliphatic hydroxyl groups excluding tert-OH is 1.